The molecule has 0 saturated heterocycles. The Morgan fingerprint density at radius 1 is 1.39 bits per heavy atom. The minimum atomic E-state index is -0.152. The van der Waals surface area contributed by atoms with E-state index in [1.54, 1.807) is 11.3 Å². The highest BCUT2D eigenvalue weighted by Crippen LogP contribution is 2.19. The molecule has 0 spiro atoms. The van der Waals surface area contributed by atoms with Crippen molar-refractivity contribution >= 4 is 28.8 Å². The molecule has 2 heterocycles. The zero-order valence-corrected chi connectivity index (χ0v) is 12.1. The van der Waals surface area contributed by atoms with E-state index in [0.717, 1.165) is 22.2 Å². The Bertz CT molecular complexity index is 519. The highest BCUT2D eigenvalue weighted by Gasteiger charge is 2.17. The van der Waals surface area contributed by atoms with Crippen LogP contribution in [0.3, 0.4) is 0 Å². The zero-order valence-electron chi connectivity index (χ0n) is 10.5. The summed E-state index contributed by atoms with van der Waals surface area (Å²) in [6, 6.07) is 3.99. The maximum absolute atomic E-state index is 12.0. The summed E-state index contributed by atoms with van der Waals surface area (Å²) >= 11 is 2.79. The smallest absolute Gasteiger partial charge is 0.282 e. The van der Waals surface area contributed by atoms with Gasteiger partial charge in [-0.05, 0) is 29.9 Å². The number of aromatic nitrogens is 2. The fourth-order valence-corrected chi connectivity index (χ4v) is 2.87. The van der Waals surface area contributed by atoms with E-state index in [9.17, 15) is 4.79 Å². The van der Waals surface area contributed by atoms with Crippen LogP contribution in [0.15, 0.2) is 17.5 Å². The molecular formula is C12H15N3OS2. The molecule has 2 aromatic rings. The Morgan fingerprint density at radius 3 is 2.72 bits per heavy atom. The van der Waals surface area contributed by atoms with E-state index in [4.69, 9.17) is 0 Å². The van der Waals surface area contributed by atoms with Gasteiger partial charge in [-0.1, -0.05) is 19.9 Å². The number of hydrogen-bond donors (Lipinski definition) is 1. The van der Waals surface area contributed by atoms with E-state index in [1.165, 1.54) is 0 Å². The predicted octanol–water partition coefficient (Wildman–Crippen LogP) is 3.21. The van der Waals surface area contributed by atoms with E-state index < -0.39 is 0 Å². The van der Waals surface area contributed by atoms with Gasteiger partial charge in [-0.15, -0.1) is 11.3 Å². The molecule has 2 rings (SSSR count). The van der Waals surface area contributed by atoms with Gasteiger partial charge in [-0.25, -0.2) is 4.98 Å². The van der Waals surface area contributed by atoms with E-state index in [2.05, 4.69) is 14.7 Å². The van der Waals surface area contributed by atoms with Crippen LogP contribution in [0.5, 0.6) is 0 Å². The number of nitrogens with one attached hydrogen (secondary N) is 1. The third-order valence-electron chi connectivity index (χ3n) is 2.47. The molecule has 0 radical (unpaired) electrons. The quantitative estimate of drug-likeness (QED) is 0.936. The fourth-order valence-electron chi connectivity index (χ4n) is 1.43. The van der Waals surface area contributed by atoms with Gasteiger partial charge in [0.2, 0.25) is 5.01 Å². The van der Waals surface area contributed by atoms with E-state index >= 15 is 0 Å². The van der Waals surface area contributed by atoms with Crippen molar-refractivity contribution < 1.29 is 4.79 Å². The van der Waals surface area contributed by atoms with Crippen molar-refractivity contribution in [3.05, 3.63) is 33.2 Å². The van der Waals surface area contributed by atoms with Crippen LogP contribution in [-0.2, 0) is 0 Å². The maximum Gasteiger partial charge on any atom is 0.282 e. The second-order valence-corrected chi connectivity index (χ2v) is 6.05. The summed E-state index contributed by atoms with van der Waals surface area (Å²) in [4.78, 5) is 17.4. The molecule has 0 saturated carbocycles. The first-order valence-electron chi connectivity index (χ1n) is 5.75. The molecule has 0 unspecified atom stereocenters. The maximum atomic E-state index is 12.0. The Labute approximate surface area is 114 Å². The topological polar surface area (TPSA) is 54.9 Å². The first kappa shape index (κ1) is 13.2. The predicted molar refractivity (Wildman–Crippen MR) is 74.2 cm³/mol. The number of rotatable bonds is 4. The second kappa shape index (κ2) is 5.58. The van der Waals surface area contributed by atoms with Crippen molar-refractivity contribution in [2.75, 3.05) is 0 Å². The van der Waals surface area contributed by atoms with Crippen molar-refractivity contribution in [1.29, 1.82) is 0 Å². The molecule has 0 aliphatic heterocycles. The van der Waals surface area contributed by atoms with Gasteiger partial charge in [0.15, 0.2) is 0 Å². The first-order chi connectivity index (χ1) is 8.58. The summed E-state index contributed by atoms with van der Waals surface area (Å²) in [6.45, 7) is 5.99. The van der Waals surface area contributed by atoms with Gasteiger partial charge in [-0.3, -0.25) is 4.79 Å². The second-order valence-electron chi connectivity index (χ2n) is 4.32. The lowest BCUT2D eigenvalue weighted by Crippen LogP contribution is -2.26. The highest BCUT2D eigenvalue weighted by molar-refractivity contribution is 7.10. The van der Waals surface area contributed by atoms with Crippen LogP contribution in [0.25, 0.3) is 0 Å². The summed E-state index contributed by atoms with van der Waals surface area (Å²) in [7, 11) is 0. The monoisotopic (exact) mass is 281 g/mol. The van der Waals surface area contributed by atoms with Crippen LogP contribution in [-0.4, -0.2) is 15.3 Å². The lowest BCUT2D eigenvalue weighted by atomic mass is 10.2. The van der Waals surface area contributed by atoms with E-state index in [-0.39, 0.29) is 17.9 Å². The number of carbonyl (C=O) groups is 1. The average molecular weight is 281 g/mol. The minimum Gasteiger partial charge on any atom is -0.343 e. The summed E-state index contributed by atoms with van der Waals surface area (Å²) in [6.07, 6.45) is 0. The third kappa shape index (κ3) is 2.94. The van der Waals surface area contributed by atoms with E-state index in [1.807, 2.05) is 38.3 Å². The van der Waals surface area contributed by atoms with Gasteiger partial charge in [0.25, 0.3) is 5.91 Å². The van der Waals surface area contributed by atoms with Gasteiger partial charge in [0, 0.05) is 10.8 Å². The first-order valence-corrected chi connectivity index (χ1v) is 7.41. The molecule has 2 aromatic heterocycles. The molecule has 0 bridgehead atoms. The summed E-state index contributed by atoms with van der Waals surface area (Å²) in [5, 5.41) is 5.36. The SMILES string of the molecule is CC(C)c1nsc(C(=O)N[C@H](C)c2cccs2)n1. The Balaban J connectivity index is 2.03. The van der Waals surface area contributed by atoms with Gasteiger partial charge in [-0.2, -0.15) is 4.37 Å². The van der Waals surface area contributed by atoms with Crippen LogP contribution in [0.4, 0.5) is 0 Å². The van der Waals surface area contributed by atoms with Gasteiger partial charge >= 0.3 is 0 Å². The third-order valence-corrected chi connectivity index (χ3v) is 4.25. The minimum absolute atomic E-state index is 0.00361. The van der Waals surface area contributed by atoms with Gasteiger partial charge in [0.1, 0.15) is 5.82 Å². The molecule has 4 nitrogen and oxygen atoms in total. The standard InChI is InChI=1S/C12H15N3OS2/c1-7(2)10-14-12(18-15-10)11(16)13-8(3)9-5-4-6-17-9/h4-8H,1-3H3,(H,13,16)/t8-/m1/s1. The normalized spacial score (nSPS) is 12.7. The Morgan fingerprint density at radius 2 is 2.17 bits per heavy atom. The largest absolute Gasteiger partial charge is 0.343 e. The molecule has 1 amide bonds. The molecule has 0 aromatic carbocycles. The van der Waals surface area contributed by atoms with Crippen LogP contribution in [0.1, 0.15) is 53.2 Å². The van der Waals surface area contributed by atoms with E-state index in [0.29, 0.717) is 5.01 Å². The molecule has 1 atom stereocenters. The number of thiophene rings is 1. The molecule has 18 heavy (non-hydrogen) atoms. The lowest BCUT2D eigenvalue weighted by molar-refractivity contribution is 0.0940. The summed E-state index contributed by atoms with van der Waals surface area (Å²) < 4.78 is 4.18. The number of hydrogen-bond acceptors (Lipinski definition) is 5. The van der Waals surface area contributed by atoms with Crippen molar-refractivity contribution in [3.63, 3.8) is 0 Å². The van der Waals surface area contributed by atoms with Crippen molar-refractivity contribution in [1.82, 2.24) is 14.7 Å². The van der Waals surface area contributed by atoms with Crippen LogP contribution < -0.4 is 5.32 Å². The number of nitrogens with zero attached hydrogens (tertiary/aromatic N) is 2. The van der Waals surface area contributed by atoms with Crippen molar-refractivity contribution in [2.45, 2.75) is 32.7 Å². The zero-order chi connectivity index (χ0) is 13.1. The highest BCUT2D eigenvalue weighted by atomic mass is 32.1. The molecule has 96 valence electrons. The Kier molecular flexibility index (Phi) is 4.08. The summed E-state index contributed by atoms with van der Waals surface area (Å²) in [5.74, 6) is 0.826. The average Bonchev–Trinajstić information content (AvgIpc) is 3.00. The van der Waals surface area contributed by atoms with Crippen LogP contribution in [0, 0.1) is 0 Å². The summed E-state index contributed by atoms with van der Waals surface area (Å²) in [5.41, 5.74) is 0. The van der Waals surface area contributed by atoms with Crippen LogP contribution in [0.2, 0.25) is 0 Å². The number of carbonyl (C=O) groups excluding carboxylic acids is 1. The molecule has 0 aliphatic carbocycles. The molecular weight excluding hydrogens is 266 g/mol. The van der Waals surface area contributed by atoms with Crippen molar-refractivity contribution in [2.24, 2.45) is 0 Å². The molecule has 6 heteroatoms. The van der Waals surface area contributed by atoms with Gasteiger partial charge in [0.05, 0.1) is 6.04 Å². The fraction of sp³-hybridized carbons (Fsp3) is 0.417. The lowest BCUT2D eigenvalue weighted by Gasteiger charge is -2.10. The molecule has 0 fully saturated rings. The van der Waals surface area contributed by atoms with Gasteiger partial charge < -0.3 is 5.32 Å². The molecule has 1 N–H and O–H groups in total. The van der Waals surface area contributed by atoms with Crippen molar-refractivity contribution in [3.8, 4) is 0 Å². The number of amides is 1. The molecule has 0 aliphatic rings. The van der Waals surface area contributed by atoms with Crippen LogP contribution >= 0.6 is 22.9 Å². The Hall–Kier alpha value is -1.27.